The Bertz CT molecular complexity index is 705. The normalized spacial score (nSPS) is 10.7. The molecule has 0 aliphatic carbocycles. The lowest BCUT2D eigenvalue weighted by Crippen LogP contribution is -2.27. The van der Waals surface area contributed by atoms with E-state index in [4.69, 9.17) is 16.2 Å². The Balaban J connectivity index is 0.000000263. The van der Waals surface area contributed by atoms with Crippen LogP contribution in [0.4, 0.5) is 9.80 Å². The summed E-state index contributed by atoms with van der Waals surface area (Å²) >= 11 is 1.27. The summed E-state index contributed by atoms with van der Waals surface area (Å²) in [6.07, 6.45) is 0.591. The third kappa shape index (κ3) is 7.32. The third-order valence-corrected chi connectivity index (χ3v) is 4.13. The fourth-order valence-corrected chi connectivity index (χ4v) is 2.65. The van der Waals surface area contributed by atoms with Crippen LogP contribution in [0.25, 0.3) is 0 Å². The minimum Gasteiger partial charge on any atom is -0.394 e. The summed E-state index contributed by atoms with van der Waals surface area (Å²) in [4.78, 5) is 21.9. The number of amides is 3. The maximum Gasteiger partial charge on any atom is 0.319 e. The number of carbonyl (C=O) groups is 2. The van der Waals surface area contributed by atoms with Crippen LogP contribution in [-0.2, 0) is 4.79 Å². The lowest BCUT2D eigenvalue weighted by molar-refractivity contribution is -0.110. The van der Waals surface area contributed by atoms with Crippen molar-refractivity contribution in [2.75, 3.05) is 18.5 Å². The summed E-state index contributed by atoms with van der Waals surface area (Å²) in [5, 5.41) is 24.5. The van der Waals surface area contributed by atoms with E-state index in [2.05, 4.69) is 16.0 Å². The number of amidine groups is 1. The van der Waals surface area contributed by atoms with Gasteiger partial charge in [0.1, 0.15) is 5.84 Å². The number of hydrogen-bond donors (Lipinski definition) is 6. The molecule has 0 saturated heterocycles. The molecule has 9 heteroatoms. The molecule has 1 unspecified atom stereocenters. The van der Waals surface area contributed by atoms with Crippen molar-refractivity contribution in [1.29, 1.82) is 5.41 Å². The number of aliphatic hydroxyl groups is 1. The predicted octanol–water partition coefficient (Wildman–Crippen LogP) is 1.64. The quantitative estimate of drug-likeness (QED) is 0.248. The summed E-state index contributed by atoms with van der Waals surface area (Å²) in [6, 6.07) is 12.2. The van der Waals surface area contributed by atoms with Crippen molar-refractivity contribution in [2.45, 2.75) is 13.0 Å². The number of nitrogens with two attached hydrogens (primary N) is 1. The lowest BCUT2D eigenvalue weighted by Gasteiger charge is -2.12. The Morgan fingerprint density at radius 2 is 2.00 bits per heavy atom. The van der Waals surface area contributed by atoms with Crippen molar-refractivity contribution in [3.63, 3.8) is 0 Å². The van der Waals surface area contributed by atoms with Crippen molar-refractivity contribution in [3.8, 4) is 0 Å². The molecule has 0 fully saturated rings. The van der Waals surface area contributed by atoms with Gasteiger partial charge in [-0.1, -0.05) is 30.3 Å². The molecule has 0 bridgehead atoms. The molecule has 2 rings (SSSR count). The van der Waals surface area contributed by atoms with Gasteiger partial charge in [0.25, 0.3) is 0 Å². The number of urea groups is 1. The highest BCUT2D eigenvalue weighted by atomic mass is 32.1. The summed E-state index contributed by atoms with van der Waals surface area (Å²) in [6.45, 7) is 2.34. The average Bonchev–Trinajstić information content (AvgIpc) is 3.10. The fourth-order valence-electron chi connectivity index (χ4n) is 1.89. The highest BCUT2D eigenvalue weighted by Gasteiger charge is 2.06. The summed E-state index contributed by atoms with van der Waals surface area (Å²) < 4.78 is 0. The molecule has 8 nitrogen and oxygen atoms in total. The molecule has 0 spiro atoms. The lowest BCUT2D eigenvalue weighted by atomic mass is 10.1. The summed E-state index contributed by atoms with van der Waals surface area (Å²) in [5.74, 6) is 0.0129. The van der Waals surface area contributed by atoms with Gasteiger partial charge in [0.15, 0.2) is 0 Å². The van der Waals surface area contributed by atoms with Gasteiger partial charge in [0, 0.05) is 6.54 Å². The van der Waals surface area contributed by atoms with Crippen LogP contribution >= 0.6 is 11.3 Å². The second kappa shape index (κ2) is 11.6. The van der Waals surface area contributed by atoms with Crippen molar-refractivity contribution in [2.24, 2.45) is 5.73 Å². The predicted molar refractivity (Wildman–Crippen MR) is 103 cm³/mol. The second-order valence-electron chi connectivity index (χ2n) is 4.99. The van der Waals surface area contributed by atoms with Gasteiger partial charge in [0.05, 0.1) is 22.5 Å². The van der Waals surface area contributed by atoms with E-state index >= 15 is 0 Å². The zero-order valence-electron chi connectivity index (χ0n) is 14.4. The number of nitrogens with one attached hydrogen (secondary N) is 4. The maximum atomic E-state index is 11.1. The zero-order chi connectivity index (χ0) is 19.4. The van der Waals surface area contributed by atoms with Gasteiger partial charge in [0.2, 0.25) is 6.41 Å². The Kier molecular flexibility index (Phi) is 9.44. The maximum absolute atomic E-state index is 11.1. The number of aliphatic hydroxyl groups excluding tert-OH is 1. The first kappa shape index (κ1) is 21.1. The number of hydrogen-bond acceptors (Lipinski definition) is 5. The molecule has 2 aromatic rings. The first-order valence-corrected chi connectivity index (χ1v) is 8.68. The average molecular weight is 377 g/mol. The highest BCUT2D eigenvalue weighted by molar-refractivity contribution is 7.18. The first-order valence-electron chi connectivity index (χ1n) is 7.86. The summed E-state index contributed by atoms with van der Waals surface area (Å²) in [7, 11) is 0. The van der Waals surface area contributed by atoms with E-state index in [1.807, 2.05) is 37.3 Å². The molecule has 0 radical (unpaired) electrons. The molecule has 0 aliphatic heterocycles. The fraction of sp³-hybridized carbons (Fsp3) is 0.235. The Morgan fingerprint density at radius 3 is 2.50 bits per heavy atom. The van der Waals surface area contributed by atoms with Crippen LogP contribution in [0.3, 0.4) is 0 Å². The van der Waals surface area contributed by atoms with Crippen LogP contribution in [0.2, 0.25) is 0 Å². The van der Waals surface area contributed by atoms with Crippen LogP contribution < -0.4 is 21.7 Å². The van der Waals surface area contributed by atoms with Crippen molar-refractivity contribution >= 4 is 34.6 Å². The third-order valence-electron chi connectivity index (χ3n) is 3.10. The summed E-state index contributed by atoms with van der Waals surface area (Å²) in [5.41, 5.74) is 6.19. The van der Waals surface area contributed by atoms with Gasteiger partial charge in [-0.15, -0.1) is 11.3 Å². The number of thiophene rings is 1. The largest absolute Gasteiger partial charge is 0.394 e. The number of rotatable bonds is 7. The minimum atomic E-state index is -0.288. The van der Waals surface area contributed by atoms with E-state index in [9.17, 15) is 9.59 Å². The molecular formula is C17H23N5O3S. The van der Waals surface area contributed by atoms with E-state index in [1.165, 1.54) is 11.3 Å². The molecule has 1 aromatic carbocycles. The Hall–Kier alpha value is -2.91. The molecule has 7 N–H and O–H groups in total. The minimum absolute atomic E-state index is 0.0129. The number of anilines is 1. The van der Waals surface area contributed by atoms with Crippen LogP contribution in [-0.4, -0.2) is 36.5 Å². The number of benzene rings is 1. The van der Waals surface area contributed by atoms with E-state index < -0.39 is 0 Å². The van der Waals surface area contributed by atoms with Crippen molar-refractivity contribution < 1.29 is 14.7 Å². The molecule has 26 heavy (non-hydrogen) atoms. The molecule has 0 saturated carbocycles. The van der Waals surface area contributed by atoms with Gasteiger partial charge >= 0.3 is 6.03 Å². The zero-order valence-corrected chi connectivity index (χ0v) is 15.2. The van der Waals surface area contributed by atoms with Crippen LogP contribution in [0.5, 0.6) is 0 Å². The van der Waals surface area contributed by atoms with E-state index in [0.717, 1.165) is 5.56 Å². The first-order chi connectivity index (χ1) is 12.5. The molecule has 1 heterocycles. The monoisotopic (exact) mass is 377 g/mol. The van der Waals surface area contributed by atoms with Gasteiger partial charge in [-0.05, 0) is 24.6 Å². The van der Waals surface area contributed by atoms with Crippen molar-refractivity contribution in [3.05, 3.63) is 52.9 Å². The van der Waals surface area contributed by atoms with Crippen LogP contribution in [0, 0.1) is 5.41 Å². The molecule has 140 valence electrons. The van der Waals surface area contributed by atoms with Gasteiger partial charge < -0.3 is 21.5 Å². The van der Waals surface area contributed by atoms with Gasteiger partial charge in [-0.3, -0.25) is 15.5 Å². The van der Waals surface area contributed by atoms with Gasteiger partial charge in [-0.2, -0.15) is 0 Å². The van der Waals surface area contributed by atoms with Gasteiger partial charge in [-0.25, -0.2) is 4.79 Å². The Morgan fingerprint density at radius 1 is 1.31 bits per heavy atom. The number of nitrogen functional groups attached to an aromatic ring is 1. The van der Waals surface area contributed by atoms with Crippen LogP contribution in [0.15, 0.2) is 42.5 Å². The van der Waals surface area contributed by atoms with Crippen molar-refractivity contribution in [1.82, 2.24) is 10.6 Å². The van der Waals surface area contributed by atoms with E-state index in [1.54, 1.807) is 12.1 Å². The SMILES string of the molecule is CCNC(=O)Nc1ccc(C(=N)N)s1.O=CNC(CO)c1ccccc1. The standard InChI is InChI=1S/C9H11NO2.C8H12N4OS/c11-6-9(10-7-12)8-4-2-1-3-5-8;1-2-11-8(13)12-6-4-3-5(14-6)7(9)10/h1-5,7,9,11H,6H2,(H,10,12);3-4H,2H2,1H3,(H3,9,10)(H2,11,12,13). The molecule has 3 amide bonds. The molecule has 1 aromatic heterocycles. The topological polar surface area (TPSA) is 140 Å². The highest BCUT2D eigenvalue weighted by Crippen LogP contribution is 2.20. The second-order valence-corrected chi connectivity index (χ2v) is 6.08. The Labute approximate surface area is 155 Å². The molecular weight excluding hydrogens is 354 g/mol. The smallest absolute Gasteiger partial charge is 0.319 e. The van der Waals surface area contributed by atoms with E-state index in [-0.39, 0.29) is 24.5 Å². The molecule has 0 aliphatic rings. The van der Waals surface area contributed by atoms with Crippen LogP contribution in [0.1, 0.15) is 23.4 Å². The number of carbonyl (C=O) groups excluding carboxylic acids is 2. The van der Waals surface area contributed by atoms with E-state index in [0.29, 0.717) is 22.8 Å². The molecule has 1 atom stereocenters.